The van der Waals surface area contributed by atoms with Crippen LogP contribution in [0.15, 0.2) is 41.4 Å². The van der Waals surface area contributed by atoms with Gasteiger partial charge in [0.1, 0.15) is 5.75 Å². The van der Waals surface area contributed by atoms with E-state index in [-0.39, 0.29) is 18.6 Å². The minimum atomic E-state index is -1.44. The Morgan fingerprint density at radius 2 is 1.81 bits per heavy atom. The number of aromatic nitrogens is 1. The van der Waals surface area contributed by atoms with E-state index in [1.54, 1.807) is 13.3 Å². The highest BCUT2D eigenvalue weighted by Crippen LogP contribution is 2.37. The molecule has 2 heterocycles. The number of aliphatic hydroxyl groups is 2. The second-order valence-electron chi connectivity index (χ2n) is 9.71. The smallest absolute Gasteiger partial charge is 0.194 e. The average Bonchev–Trinajstić information content (AvgIpc) is 2.92. The van der Waals surface area contributed by atoms with Gasteiger partial charge in [0.15, 0.2) is 17.5 Å². The Morgan fingerprint density at radius 3 is 2.46 bits per heavy atom. The normalized spacial score (nSPS) is 15.8. The van der Waals surface area contributed by atoms with Crippen molar-refractivity contribution >= 4 is 22.7 Å². The van der Waals surface area contributed by atoms with Crippen molar-refractivity contribution in [3.05, 3.63) is 65.1 Å². The first-order chi connectivity index (χ1) is 17.9. The highest BCUT2D eigenvalue weighted by molar-refractivity contribution is 7.99. The van der Waals surface area contributed by atoms with Crippen LogP contribution >= 0.6 is 11.8 Å². The Bertz CT molecular complexity index is 1190. The molecule has 4 rings (SSSR count). The standard InChI is InChI=1S/C28H33F3N2O3S/c1-36-20-4-5-26-23(13-20)22(19(17-34)16-32-26)3-2-6-28(18-35)7-9-33(10-8-28)11-12-37-21-14-24(29)27(31)25(30)15-21/h4-5,13-16,34-35H,2-3,6-12,17-18H2,1H3. The van der Waals surface area contributed by atoms with E-state index in [1.807, 2.05) is 18.2 Å². The van der Waals surface area contributed by atoms with E-state index in [1.165, 1.54) is 11.8 Å². The number of fused-ring (bicyclic) bond motifs is 1. The lowest BCUT2D eigenvalue weighted by Crippen LogP contribution is -2.42. The Labute approximate surface area is 219 Å². The van der Waals surface area contributed by atoms with Crippen LogP contribution in [-0.4, -0.2) is 59.2 Å². The molecule has 1 aliphatic heterocycles. The van der Waals surface area contributed by atoms with E-state index in [0.29, 0.717) is 10.6 Å². The number of halogens is 3. The number of aliphatic hydroxyl groups excluding tert-OH is 2. The van der Waals surface area contributed by atoms with Crippen LogP contribution in [0.2, 0.25) is 0 Å². The number of hydrogen-bond acceptors (Lipinski definition) is 6. The molecule has 5 nitrogen and oxygen atoms in total. The van der Waals surface area contributed by atoms with Gasteiger partial charge in [-0.3, -0.25) is 4.98 Å². The molecule has 9 heteroatoms. The number of nitrogens with zero attached hydrogens (tertiary/aromatic N) is 2. The molecule has 2 aromatic carbocycles. The number of pyridine rings is 1. The van der Waals surface area contributed by atoms with Crippen molar-refractivity contribution in [2.45, 2.75) is 43.6 Å². The predicted molar refractivity (Wildman–Crippen MR) is 139 cm³/mol. The summed E-state index contributed by atoms with van der Waals surface area (Å²) in [7, 11) is 1.63. The molecule has 0 unspecified atom stereocenters. The maximum absolute atomic E-state index is 13.4. The third-order valence-electron chi connectivity index (χ3n) is 7.47. The quantitative estimate of drug-likeness (QED) is 0.256. The lowest BCUT2D eigenvalue weighted by molar-refractivity contribution is 0.0378. The van der Waals surface area contributed by atoms with Crippen LogP contribution in [0.4, 0.5) is 13.2 Å². The summed E-state index contributed by atoms with van der Waals surface area (Å²) in [5.74, 6) is -2.39. The second kappa shape index (κ2) is 12.5. The molecule has 0 bridgehead atoms. The summed E-state index contributed by atoms with van der Waals surface area (Å²) < 4.78 is 45.4. The van der Waals surface area contributed by atoms with E-state index in [9.17, 15) is 23.4 Å². The first-order valence-corrected chi connectivity index (χ1v) is 13.5. The maximum atomic E-state index is 13.4. The molecule has 1 aliphatic rings. The van der Waals surface area contributed by atoms with Crippen LogP contribution in [-0.2, 0) is 13.0 Å². The fraction of sp³-hybridized carbons (Fsp3) is 0.464. The number of piperidine rings is 1. The van der Waals surface area contributed by atoms with E-state index in [4.69, 9.17) is 4.74 Å². The van der Waals surface area contributed by atoms with E-state index in [0.717, 1.165) is 91.7 Å². The van der Waals surface area contributed by atoms with E-state index in [2.05, 4.69) is 9.88 Å². The molecule has 200 valence electrons. The molecule has 1 saturated heterocycles. The largest absolute Gasteiger partial charge is 0.497 e. The number of rotatable bonds is 11. The lowest BCUT2D eigenvalue weighted by Gasteiger charge is -2.41. The van der Waals surface area contributed by atoms with Crippen LogP contribution < -0.4 is 4.74 Å². The molecule has 0 atom stereocenters. The molecule has 0 radical (unpaired) electrons. The summed E-state index contributed by atoms with van der Waals surface area (Å²) in [6.45, 7) is 2.47. The molecule has 1 fully saturated rings. The average molecular weight is 535 g/mol. The summed E-state index contributed by atoms with van der Waals surface area (Å²) >= 11 is 1.30. The van der Waals surface area contributed by atoms with Crippen molar-refractivity contribution in [3.8, 4) is 5.75 Å². The van der Waals surface area contributed by atoms with Crippen molar-refractivity contribution in [1.29, 1.82) is 0 Å². The molecule has 1 aromatic heterocycles. The number of benzene rings is 2. The fourth-order valence-electron chi connectivity index (χ4n) is 5.11. The van der Waals surface area contributed by atoms with E-state index >= 15 is 0 Å². The number of hydrogen-bond donors (Lipinski definition) is 2. The molecule has 37 heavy (non-hydrogen) atoms. The molecular weight excluding hydrogens is 501 g/mol. The van der Waals surface area contributed by atoms with Crippen molar-refractivity contribution in [2.75, 3.05) is 39.1 Å². The molecule has 0 saturated carbocycles. The summed E-state index contributed by atoms with van der Waals surface area (Å²) in [5.41, 5.74) is 2.60. The van der Waals surface area contributed by atoms with Gasteiger partial charge in [0.2, 0.25) is 0 Å². The highest BCUT2D eigenvalue weighted by Gasteiger charge is 2.33. The maximum Gasteiger partial charge on any atom is 0.194 e. The molecular formula is C28H33F3N2O3S. The zero-order valence-corrected chi connectivity index (χ0v) is 21.8. The summed E-state index contributed by atoms with van der Waals surface area (Å²) in [4.78, 5) is 7.14. The zero-order valence-electron chi connectivity index (χ0n) is 21.0. The number of thioether (sulfide) groups is 1. The van der Waals surface area contributed by atoms with Gasteiger partial charge in [0.05, 0.1) is 19.2 Å². The van der Waals surface area contributed by atoms with Gasteiger partial charge < -0.3 is 19.8 Å². The Kier molecular flexibility index (Phi) is 9.34. The van der Waals surface area contributed by atoms with Gasteiger partial charge in [-0.15, -0.1) is 11.8 Å². The van der Waals surface area contributed by atoms with Gasteiger partial charge in [0, 0.05) is 35.4 Å². The van der Waals surface area contributed by atoms with Gasteiger partial charge in [-0.1, -0.05) is 0 Å². The van der Waals surface area contributed by atoms with Gasteiger partial charge in [0.25, 0.3) is 0 Å². The topological polar surface area (TPSA) is 65.8 Å². The predicted octanol–water partition coefficient (Wildman–Crippen LogP) is 5.34. The van der Waals surface area contributed by atoms with Crippen molar-refractivity contribution in [1.82, 2.24) is 9.88 Å². The van der Waals surface area contributed by atoms with Crippen molar-refractivity contribution in [3.63, 3.8) is 0 Å². The first kappa shape index (κ1) is 27.7. The monoisotopic (exact) mass is 534 g/mol. The van der Waals surface area contributed by atoms with Gasteiger partial charge in [-0.25, -0.2) is 13.2 Å². The van der Waals surface area contributed by atoms with Crippen molar-refractivity contribution in [2.24, 2.45) is 5.41 Å². The zero-order chi connectivity index (χ0) is 26.4. The Hall–Kier alpha value is -2.33. The number of aryl methyl sites for hydroxylation is 1. The minimum absolute atomic E-state index is 0.0786. The number of methoxy groups -OCH3 is 1. The lowest BCUT2D eigenvalue weighted by atomic mass is 9.75. The Balaban J connectivity index is 1.31. The summed E-state index contributed by atoms with van der Waals surface area (Å²) in [6.07, 6.45) is 5.99. The van der Waals surface area contributed by atoms with Crippen LogP contribution in [0.3, 0.4) is 0 Å². The van der Waals surface area contributed by atoms with Crippen LogP contribution in [0.1, 0.15) is 36.8 Å². The summed E-state index contributed by atoms with van der Waals surface area (Å²) in [5, 5.41) is 21.1. The van der Waals surface area contributed by atoms with Crippen molar-refractivity contribution < 1.29 is 28.1 Å². The molecule has 3 aromatic rings. The summed E-state index contributed by atoms with van der Waals surface area (Å²) in [6, 6.07) is 7.82. The van der Waals surface area contributed by atoms with Crippen LogP contribution in [0.5, 0.6) is 5.75 Å². The van der Waals surface area contributed by atoms with Crippen LogP contribution in [0.25, 0.3) is 10.9 Å². The van der Waals surface area contributed by atoms with E-state index < -0.39 is 17.5 Å². The fourth-order valence-corrected chi connectivity index (χ4v) is 6.07. The SMILES string of the molecule is COc1ccc2ncc(CO)c(CCCC3(CO)CCN(CCSc4cc(F)c(F)c(F)c4)CC3)c2c1. The van der Waals surface area contributed by atoms with Crippen LogP contribution in [0, 0.1) is 22.9 Å². The first-order valence-electron chi connectivity index (χ1n) is 12.5. The van der Waals surface area contributed by atoms with Gasteiger partial charge in [-0.2, -0.15) is 0 Å². The molecule has 0 aliphatic carbocycles. The second-order valence-corrected chi connectivity index (χ2v) is 10.9. The molecule has 0 amide bonds. The Morgan fingerprint density at radius 1 is 1.08 bits per heavy atom. The minimum Gasteiger partial charge on any atom is -0.497 e. The number of ether oxygens (including phenoxy) is 1. The third kappa shape index (κ3) is 6.57. The molecule has 0 spiro atoms. The number of likely N-dealkylation sites (tertiary alicyclic amines) is 1. The highest BCUT2D eigenvalue weighted by atomic mass is 32.2. The molecule has 2 N–H and O–H groups in total. The van der Waals surface area contributed by atoms with Gasteiger partial charge >= 0.3 is 0 Å². The third-order valence-corrected chi connectivity index (χ3v) is 8.42. The van der Waals surface area contributed by atoms with Gasteiger partial charge in [-0.05, 0) is 92.1 Å².